The van der Waals surface area contributed by atoms with Crippen molar-refractivity contribution in [1.82, 2.24) is 14.5 Å². The lowest BCUT2D eigenvalue weighted by molar-refractivity contribution is -0.130. The van der Waals surface area contributed by atoms with Crippen LogP contribution < -0.4 is 0 Å². The lowest BCUT2D eigenvalue weighted by Gasteiger charge is -2.26. The normalized spacial score (nSPS) is 20.7. The van der Waals surface area contributed by atoms with Gasteiger partial charge in [-0.1, -0.05) is 23.4 Å². The highest BCUT2D eigenvalue weighted by molar-refractivity contribution is 8.00. The summed E-state index contributed by atoms with van der Waals surface area (Å²) in [6, 6.07) is 5.27. The Kier molecular flexibility index (Phi) is 5.05. The fourth-order valence-corrected chi connectivity index (χ4v) is 5.94. The van der Waals surface area contributed by atoms with Crippen LogP contribution in [-0.4, -0.2) is 58.6 Å². The molecule has 1 amide bonds. The van der Waals surface area contributed by atoms with Crippen LogP contribution in [0.2, 0.25) is 5.02 Å². The van der Waals surface area contributed by atoms with Crippen LogP contribution in [0.15, 0.2) is 23.4 Å². The third-order valence-electron chi connectivity index (χ3n) is 4.54. The standard InChI is InChI=1S/C16H20ClN3O3S2/c1-10(15(21)19(2)12-6-7-25(22,23)9-12)24-16-18-13-8-11(17)4-5-14(13)20(16)3/h4-5,8,10,12H,6-7,9H2,1-3H3/t10-,12+/m1/s1. The van der Waals surface area contributed by atoms with Crippen molar-refractivity contribution in [2.75, 3.05) is 18.6 Å². The molecule has 2 atom stereocenters. The average Bonchev–Trinajstić information content (AvgIpc) is 3.05. The summed E-state index contributed by atoms with van der Waals surface area (Å²) < 4.78 is 25.2. The Bertz CT molecular complexity index is 926. The molecule has 2 heterocycles. The Morgan fingerprint density at radius 2 is 2.20 bits per heavy atom. The highest BCUT2D eigenvalue weighted by Gasteiger charge is 2.34. The summed E-state index contributed by atoms with van der Waals surface area (Å²) in [5.74, 6) is 0.122. The Morgan fingerprint density at radius 3 is 2.84 bits per heavy atom. The molecule has 6 nitrogen and oxygen atoms in total. The van der Waals surface area contributed by atoms with E-state index in [1.807, 2.05) is 30.7 Å². The van der Waals surface area contributed by atoms with Gasteiger partial charge in [0.2, 0.25) is 5.91 Å². The smallest absolute Gasteiger partial charge is 0.235 e. The minimum Gasteiger partial charge on any atom is -0.341 e. The fraction of sp³-hybridized carbons (Fsp3) is 0.500. The van der Waals surface area contributed by atoms with Crippen LogP contribution in [0.3, 0.4) is 0 Å². The monoisotopic (exact) mass is 401 g/mol. The van der Waals surface area contributed by atoms with Crippen molar-refractivity contribution in [3.63, 3.8) is 0 Å². The molecule has 1 fully saturated rings. The third-order valence-corrected chi connectivity index (χ3v) is 7.65. The molecule has 1 aliphatic heterocycles. The van der Waals surface area contributed by atoms with Crippen molar-refractivity contribution in [3.05, 3.63) is 23.2 Å². The van der Waals surface area contributed by atoms with Crippen LogP contribution in [0.5, 0.6) is 0 Å². The first-order chi connectivity index (χ1) is 11.7. The average molecular weight is 402 g/mol. The summed E-state index contributed by atoms with van der Waals surface area (Å²) in [7, 11) is 0.563. The van der Waals surface area contributed by atoms with E-state index in [2.05, 4.69) is 4.98 Å². The lowest BCUT2D eigenvalue weighted by Crippen LogP contribution is -2.41. The van der Waals surface area contributed by atoms with E-state index in [0.717, 1.165) is 16.2 Å². The molecule has 0 aliphatic carbocycles. The molecule has 0 bridgehead atoms. The number of carbonyl (C=O) groups excluding carboxylic acids is 1. The first-order valence-electron chi connectivity index (χ1n) is 7.93. The van der Waals surface area contributed by atoms with E-state index < -0.39 is 9.84 Å². The second-order valence-corrected chi connectivity index (χ2v) is 10.3. The Balaban J connectivity index is 1.74. The van der Waals surface area contributed by atoms with Crippen molar-refractivity contribution in [2.24, 2.45) is 7.05 Å². The van der Waals surface area contributed by atoms with E-state index in [4.69, 9.17) is 11.6 Å². The van der Waals surface area contributed by atoms with E-state index in [1.165, 1.54) is 11.8 Å². The number of imidazole rings is 1. The Morgan fingerprint density at radius 1 is 1.48 bits per heavy atom. The fourth-order valence-electron chi connectivity index (χ4n) is 3.01. The number of carbonyl (C=O) groups is 1. The predicted molar refractivity (Wildman–Crippen MR) is 101 cm³/mol. The zero-order chi connectivity index (χ0) is 18.4. The van der Waals surface area contributed by atoms with Gasteiger partial charge < -0.3 is 9.47 Å². The van der Waals surface area contributed by atoms with E-state index in [9.17, 15) is 13.2 Å². The first kappa shape index (κ1) is 18.5. The lowest BCUT2D eigenvalue weighted by atomic mass is 10.2. The van der Waals surface area contributed by atoms with Crippen LogP contribution in [-0.2, 0) is 21.7 Å². The number of hydrogen-bond acceptors (Lipinski definition) is 5. The van der Waals surface area contributed by atoms with Gasteiger partial charge in [0.25, 0.3) is 0 Å². The van der Waals surface area contributed by atoms with Gasteiger partial charge in [-0.05, 0) is 31.5 Å². The summed E-state index contributed by atoms with van der Waals surface area (Å²) in [6.07, 6.45) is 0.507. The number of halogens is 1. The van der Waals surface area contributed by atoms with Crippen molar-refractivity contribution < 1.29 is 13.2 Å². The minimum atomic E-state index is -3.02. The summed E-state index contributed by atoms with van der Waals surface area (Å²) in [4.78, 5) is 18.8. The maximum Gasteiger partial charge on any atom is 0.235 e. The van der Waals surface area contributed by atoms with Crippen molar-refractivity contribution >= 4 is 50.1 Å². The molecule has 0 radical (unpaired) electrons. The maximum atomic E-state index is 12.7. The molecule has 0 N–H and O–H groups in total. The van der Waals surface area contributed by atoms with Crippen LogP contribution >= 0.6 is 23.4 Å². The molecule has 0 spiro atoms. The minimum absolute atomic E-state index is 0.0530. The van der Waals surface area contributed by atoms with E-state index in [-0.39, 0.29) is 28.7 Å². The molecule has 136 valence electrons. The molecular weight excluding hydrogens is 382 g/mol. The molecule has 1 saturated heterocycles. The van der Waals surface area contributed by atoms with Gasteiger partial charge in [-0.3, -0.25) is 4.79 Å². The van der Waals surface area contributed by atoms with Crippen LogP contribution in [0, 0.1) is 0 Å². The van der Waals surface area contributed by atoms with Gasteiger partial charge in [-0.25, -0.2) is 13.4 Å². The SMILES string of the molecule is C[C@@H](Sc1nc2cc(Cl)ccc2n1C)C(=O)N(C)[C@H]1CCS(=O)(=O)C1. The molecule has 1 aliphatic rings. The molecule has 0 saturated carbocycles. The van der Waals surface area contributed by atoms with Gasteiger partial charge in [0.15, 0.2) is 15.0 Å². The molecular formula is C16H20ClN3O3S2. The number of fused-ring (bicyclic) bond motifs is 1. The highest BCUT2D eigenvalue weighted by atomic mass is 35.5. The Labute approximate surface area is 156 Å². The number of nitrogens with zero attached hydrogens (tertiary/aromatic N) is 3. The number of aryl methyl sites for hydroxylation is 1. The quantitative estimate of drug-likeness (QED) is 0.735. The van der Waals surface area contributed by atoms with E-state index >= 15 is 0 Å². The maximum absolute atomic E-state index is 12.7. The molecule has 2 aromatic rings. The second kappa shape index (κ2) is 6.81. The van der Waals surface area contributed by atoms with Crippen molar-refractivity contribution in [1.29, 1.82) is 0 Å². The van der Waals surface area contributed by atoms with Crippen LogP contribution in [0.4, 0.5) is 0 Å². The molecule has 0 unspecified atom stereocenters. The van der Waals surface area contributed by atoms with Gasteiger partial charge in [0.05, 0.1) is 27.8 Å². The second-order valence-electron chi connectivity index (χ2n) is 6.35. The van der Waals surface area contributed by atoms with Gasteiger partial charge in [-0.2, -0.15) is 0 Å². The molecule has 1 aromatic carbocycles. The largest absolute Gasteiger partial charge is 0.341 e. The number of sulfone groups is 1. The zero-order valence-corrected chi connectivity index (χ0v) is 16.7. The topological polar surface area (TPSA) is 72.3 Å². The molecule has 9 heteroatoms. The predicted octanol–water partition coefficient (Wildman–Crippen LogP) is 2.35. The number of hydrogen-bond donors (Lipinski definition) is 0. The number of thioether (sulfide) groups is 1. The highest BCUT2D eigenvalue weighted by Crippen LogP contribution is 2.29. The van der Waals surface area contributed by atoms with Gasteiger partial charge >= 0.3 is 0 Å². The van der Waals surface area contributed by atoms with Crippen LogP contribution in [0.1, 0.15) is 13.3 Å². The van der Waals surface area contributed by atoms with Gasteiger partial charge in [-0.15, -0.1) is 0 Å². The summed E-state index contributed by atoms with van der Waals surface area (Å²) in [5.41, 5.74) is 1.73. The third kappa shape index (κ3) is 3.80. The zero-order valence-electron chi connectivity index (χ0n) is 14.3. The number of rotatable bonds is 4. The van der Waals surface area contributed by atoms with Crippen molar-refractivity contribution in [2.45, 2.75) is 29.8 Å². The molecule has 3 rings (SSSR count). The van der Waals surface area contributed by atoms with E-state index in [0.29, 0.717) is 11.4 Å². The molecule has 1 aromatic heterocycles. The van der Waals surface area contributed by atoms with Gasteiger partial charge in [0, 0.05) is 25.2 Å². The molecule has 25 heavy (non-hydrogen) atoms. The first-order valence-corrected chi connectivity index (χ1v) is 11.0. The van der Waals surface area contributed by atoms with Gasteiger partial charge in [0.1, 0.15) is 0 Å². The number of amides is 1. The summed E-state index contributed by atoms with van der Waals surface area (Å²) >= 11 is 7.37. The van der Waals surface area contributed by atoms with E-state index in [1.54, 1.807) is 18.0 Å². The number of benzene rings is 1. The van der Waals surface area contributed by atoms with Crippen LogP contribution in [0.25, 0.3) is 11.0 Å². The number of aromatic nitrogens is 2. The summed E-state index contributed by atoms with van der Waals surface area (Å²) in [5, 5.41) is 0.985. The Hall–Kier alpha value is -1.25. The van der Waals surface area contributed by atoms with Crippen molar-refractivity contribution in [3.8, 4) is 0 Å². The summed E-state index contributed by atoms with van der Waals surface area (Å²) in [6.45, 7) is 1.82.